The first-order valence-corrected chi connectivity index (χ1v) is 9.53. The Balaban J connectivity index is 0.000000321. The molecule has 2 aromatic rings. The molecule has 1 heterocycles. The first-order chi connectivity index (χ1) is 13.9. The molecule has 29 heavy (non-hydrogen) atoms. The minimum Gasteiger partial charge on any atom is -0.488 e. The van der Waals surface area contributed by atoms with E-state index in [1.165, 1.54) is 5.56 Å². The Labute approximate surface area is 175 Å². The molecule has 0 amide bonds. The Morgan fingerprint density at radius 2 is 1.62 bits per heavy atom. The number of aliphatic carboxylic acids is 2. The average molecular weight is 418 g/mol. The first-order valence-electron chi connectivity index (χ1n) is 9.15. The lowest BCUT2D eigenvalue weighted by Crippen LogP contribution is -2.42. The van der Waals surface area contributed by atoms with Crippen LogP contribution in [0, 0.1) is 0 Å². The van der Waals surface area contributed by atoms with Gasteiger partial charge in [0.05, 0.1) is 5.02 Å². The number of likely N-dealkylation sites (N-methyl/N-ethyl adjacent to an activating group) is 1. The van der Waals surface area contributed by atoms with E-state index in [2.05, 4.69) is 42.3 Å². The highest BCUT2D eigenvalue weighted by Crippen LogP contribution is 2.32. The predicted octanol–water partition coefficient (Wildman–Crippen LogP) is 3.92. The van der Waals surface area contributed by atoms with E-state index in [0.717, 1.165) is 25.3 Å². The molecule has 6 nitrogen and oxygen atoms in total. The molecule has 2 atom stereocenters. The number of piperidine rings is 1. The SMILES string of the molecule is CN1CC[C@@H](Oc2ccccc2Cl)[C@@H](c2ccccc2)C1.O=C(O)/C=C/C(=O)O. The van der Waals surface area contributed by atoms with Crippen molar-refractivity contribution in [3.63, 3.8) is 0 Å². The summed E-state index contributed by atoms with van der Waals surface area (Å²) in [6.45, 7) is 2.07. The third kappa shape index (κ3) is 7.60. The normalized spacial score (nSPS) is 19.2. The summed E-state index contributed by atoms with van der Waals surface area (Å²) >= 11 is 6.23. The number of carboxylic acids is 2. The molecule has 3 rings (SSSR count). The van der Waals surface area contributed by atoms with Crippen molar-refractivity contribution >= 4 is 23.5 Å². The van der Waals surface area contributed by atoms with Crippen molar-refractivity contribution < 1.29 is 24.5 Å². The monoisotopic (exact) mass is 417 g/mol. The van der Waals surface area contributed by atoms with Gasteiger partial charge in [-0.2, -0.15) is 0 Å². The van der Waals surface area contributed by atoms with Crippen LogP contribution in [0.3, 0.4) is 0 Å². The van der Waals surface area contributed by atoms with Crippen LogP contribution >= 0.6 is 11.6 Å². The van der Waals surface area contributed by atoms with E-state index in [1.54, 1.807) is 0 Å². The molecule has 0 radical (unpaired) electrons. The van der Waals surface area contributed by atoms with Gasteiger partial charge in [-0.3, -0.25) is 0 Å². The number of halogens is 1. The first kappa shape index (κ1) is 22.5. The minimum absolute atomic E-state index is 0.170. The van der Waals surface area contributed by atoms with Crippen LogP contribution in [0.5, 0.6) is 5.75 Å². The molecular weight excluding hydrogens is 394 g/mol. The standard InChI is InChI=1S/C18H20ClNO.C4H4O4/c1-20-12-11-17(21-18-10-6-5-9-16(18)19)15(13-20)14-7-3-2-4-8-14;5-3(6)1-2-4(7)8/h2-10,15,17H,11-13H2,1H3;1-2H,(H,5,6)(H,7,8)/b;2-1+/t15-,17-;/m1./s1. The maximum absolute atomic E-state index is 9.55. The lowest BCUT2D eigenvalue weighted by atomic mass is 9.88. The zero-order chi connectivity index (χ0) is 21.2. The largest absolute Gasteiger partial charge is 0.488 e. The third-order valence-electron chi connectivity index (χ3n) is 4.46. The molecule has 0 spiro atoms. The van der Waals surface area contributed by atoms with Gasteiger partial charge in [0.1, 0.15) is 11.9 Å². The van der Waals surface area contributed by atoms with E-state index in [0.29, 0.717) is 23.1 Å². The molecule has 154 valence electrons. The fourth-order valence-electron chi connectivity index (χ4n) is 3.10. The Morgan fingerprint density at radius 1 is 1.03 bits per heavy atom. The van der Waals surface area contributed by atoms with Crippen LogP contribution in [0.1, 0.15) is 17.9 Å². The number of nitrogens with zero attached hydrogens (tertiary/aromatic N) is 1. The number of likely N-dealkylation sites (tertiary alicyclic amines) is 1. The summed E-state index contributed by atoms with van der Waals surface area (Å²) in [5.41, 5.74) is 1.33. The smallest absolute Gasteiger partial charge is 0.328 e. The van der Waals surface area contributed by atoms with Gasteiger partial charge in [0.2, 0.25) is 0 Å². The molecule has 1 aliphatic rings. The number of carboxylic acid groups (broad SMARTS) is 2. The molecular formula is C22H24ClNO5. The summed E-state index contributed by atoms with van der Waals surface area (Å²) in [7, 11) is 2.17. The van der Waals surface area contributed by atoms with Crippen LogP contribution in [0.15, 0.2) is 66.7 Å². The highest BCUT2D eigenvalue weighted by molar-refractivity contribution is 6.32. The Bertz CT molecular complexity index is 824. The lowest BCUT2D eigenvalue weighted by molar-refractivity contribution is -0.134. The zero-order valence-electron chi connectivity index (χ0n) is 16.1. The third-order valence-corrected chi connectivity index (χ3v) is 4.78. The van der Waals surface area contributed by atoms with Crippen molar-refractivity contribution in [3.05, 3.63) is 77.3 Å². The van der Waals surface area contributed by atoms with E-state index in [-0.39, 0.29) is 6.10 Å². The molecule has 7 heteroatoms. The lowest BCUT2D eigenvalue weighted by Gasteiger charge is -2.37. The molecule has 1 saturated heterocycles. The quantitative estimate of drug-likeness (QED) is 0.717. The molecule has 2 aromatic carbocycles. The molecule has 2 N–H and O–H groups in total. The second-order valence-electron chi connectivity index (χ2n) is 6.66. The van der Waals surface area contributed by atoms with Gasteiger partial charge >= 0.3 is 11.9 Å². The highest BCUT2D eigenvalue weighted by Gasteiger charge is 2.30. The predicted molar refractivity (Wildman–Crippen MR) is 112 cm³/mol. The van der Waals surface area contributed by atoms with Gasteiger partial charge in [-0.1, -0.05) is 54.1 Å². The van der Waals surface area contributed by atoms with Crippen LogP contribution in [0.2, 0.25) is 5.02 Å². The van der Waals surface area contributed by atoms with Crippen LogP contribution in [-0.4, -0.2) is 53.3 Å². The van der Waals surface area contributed by atoms with E-state index in [1.807, 2.05) is 24.3 Å². The van der Waals surface area contributed by atoms with Crippen molar-refractivity contribution in [2.45, 2.75) is 18.4 Å². The maximum Gasteiger partial charge on any atom is 0.328 e. The van der Waals surface area contributed by atoms with Crippen molar-refractivity contribution in [1.29, 1.82) is 0 Å². The number of benzene rings is 2. The molecule has 0 unspecified atom stereocenters. The summed E-state index contributed by atoms with van der Waals surface area (Å²) in [6.07, 6.45) is 2.30. The number of carbonyl (C=O) groups is 2. The second kappa shape index (κ2) is 11.2. The van der Waals surface area contributed by atoms with Crippen LogP contribution < -0.4 is 4.74 Å². The summed E-state index contributed by atoms with van der Waals surface area (Å²) in [4.78, 5) is 21.5. The van der Waals surface area contributed by atoms with Gasteiger partial charge in [0, 0.05) is 31.2 Å². The number of ether oxygens (including phenoxy) is 1. The Morgan fingerprint density at radius 3 is 2.21 bits per heavy atom. The van der Waals surface area contributed by atoms with Gasteiger partial charge in [0.25, 0.3) is 0 Å². The number of rotatable bonds is 5. The van der Waals surface area contributed by atoms with Crippen molar-refractivity contribution in [2.24, 2.45) is 0 Å². The van der Waals surface area contributed by atoms with Gasteiger partial charge in [-0.25, -0.2) is 9.59 Å². The zero-order valence-corrected chi connectivity index (χ0v) is 16.8. The van der Waals surface area contributed by atoms with Gasteiger partial charge < -0.3 is 19.8 Å². The molecule has 0 bridgehead atoms. The van der Waals surface area contributed by atoms with E-state index in [9.17, 15) is 9.59 Å². The van der Waals surface area contributed by atoms with Crippen LogP contribution in [-0.2, 0) is 9.59 Å². The average Bonchev–Trinajstić information content (AvgIpc) is 2.70. The van der Waals surface area contributed by atoms with Gasteiger partial charge in [0.15, 0.2) is 0 Å². The number of para-hydroxylation sites is 1. The van der Waals surface area contributed by atoms with Crippen molar-refractivity contribution in [1.82, 2.24) is 4.90 Å². The van der Waals surface area contributed by atoms with Gasteiger partial charge in [-0.05, 0) is 31.2 Å². The number of hydrogen-bond donors (Lipinski definition) is 2. The Kier molecular flexibility index (Phi) is 8.70. The van der Waals surface area contributed by atoms with Crippen molar-refractivity contribution in [3.8, 4) is 5.75 Å². The highest BCUT2D eigenvalue weighted by atomic mass is 35.5. The summed E-state index contributed by atoms with van der Waals surface area (Å²) in [5, 5.41) is 16.3. The molecule has 1 aliphatic heterocycles. The Hall–Kier alpha value is -2.83. The maximum atomic E-state index is 9.55. The van der Waals surface area contributed by atoms with E-state index < -0.39 is 11.9 Å². The summed E-state index contributed by atoms with van der Waals surface area (Å²) < 4.78 is 6.24. The fraction of sp³-hybridized carbons (Fsp3) is 0.273. The van der Waals surface area contributed by atoms with Crippen LogP contribution in [0.25, 0.3) is 0 Å². The minimum atomic E-state index is -1.26. The topological polar surface area (TPSA) is 87.1 Å². The summed E-state index contributed by atoms with van der Waals surface area (Å²) in [6, 6.07) is 18.3. The van der Waals surface area contributed by atoms with Crippen molar-refractivity contribution in [2.75, 3.05) is 20.1 Å². The fourth-order valence-corrected chi connectivity index (χ4v) is 3.28. The molecule has 0 aliphatic carbocycles. The summed E-state index contributed by atoms with van der Waals surface area (Å²) in [5.74, 6) is -1.35. The second-order valence-corrected chi connectivity index (χ2v) is 7.07. The number of hydrogen-bond acceptors (Lipinski definition) is 4. The van der Waals surface area contributed by atoms with Gasteiger partial charge in [-0.15, -0.1) is 0 Å². The molecule has 0 aromatic heterocycles. The van der Waals surface area contributed by atoms with Crippen LogP contribution in [0.4, 0.5) is 0 Å². The molecule has 0 saturated carbocycles. The van der Waals surface area contributed by atoms with E-state index in [4.69, 9.17) is 26.6 Å². The molecule has 1 fully saturated rings. The van der Waals surface area contributed by atoms with E-state index >= 15 is 0 Å².